The quantitative estimate of drug-likeness (QED) is 0.609. The molecule has 0 aromatic heterocycles. The SMILES string of the molecule is Cc1cccc([C@@H]2C[C@@H](C(=O)NCc3cccc(F)c3)CN(Cc3ccccc3)C2)c1. The summed E-state index contributed by atoms with van der Waals surface area (Å²) in [5.41, 5.74) is 4.57. The second-order valence-electron chi connectivity index (χ2n) is 8.57. The third kappa shape index (κ3) is 5.80. The van der Waals surface area contributed by atoms with E-state index in [4.69, 9.17) is 0 Å². The summed E-state index contributed by atoms with van der Waals surface area (Å²) in [4.78, 5) is 15.5. The van der Waals surface area contributed by atoms with Crippen LogP contribution in [-0.2, 0) is 17.9 Å². The van der Waals surface area contributed by atoms with E-state index in [1.807, 2.05) is 12.1 Å². The first-order valence-electron chi connectivity index (χ1n) is 10.9. The van der Waals surface area contributed by atoms with Gasteiger partial charge in [-0.15, -0.1) is 0 Å². The normalized spacial score (nSPS) is 19.2. The van der Waals surface area contributed by atoms with Crippen LogP contribution in [0.15, 0.2) is 78.9 Å². The van der Waals surface area contributed by atoms with Gasteiger partial charge in [0.05, 0.1) is 5.92 Å². The summed E-state index contributed by atoms with van der Waals surface area (Å²) in [6.45, 7) is 4.95. The number of rotatable bonds is 6. The second kappa shape index (κ2) is 9.88. The predicted octanol–water partition coefficient (Wildman–Crippen LogP) is 5.06. The van der Waals surface area contributed by atoms with E-state index >= 15 is 0 Å². The van der Waals surface area contributed by atoms with Gasteiger partial charge in [0.2, 0.25) is 5.91 Å². The zero-order valence-electron chi connectivity index (χ0n) is 17.9. The highest BCUT2D eigenvalue weighted by Crippen LogP contribution is 2.31. The molecule has 160 valence electrons. The first-order valence-corrected chi connectivity index (χ1v) is 10.9. The molecule has 3 aromatic rings. The number of halogens is 1. The molecule has 0 saturated carbocycles. The van der Waals surface area contributed by atoms with Crippen molar-refractivity contribution < 1.29 is 9.18 Å². The van der Waals surface area contributed by atoms with Crippen LogP contribution < -0.4 is 5.32 Å². The van der Waals surface area contributed by atoms with E-state index in [1.165, 1.54) is 28.8 Å². The van der Waals surface area contributed by atoms with E-state index in [0.717, 1.165) is 31.6 Å². The summed E-state index contributed by atoms with van der Waals surface area (Å²) >= 11 is 0. The van der Waals surface area contributed by atoms with Crippen molar-refractivity contribution in [3.63, 3.8) is 0 Å². The molecule has 31 heavy (non-hydrogen) atoms. The van der Waals surface area contributed by atoms with Gasteiger partial charge in [-0.1, -0.05) is 72.3 Å². The Labute approximate surface area is 183 Å². The van der Waals surface area contributed by atoms with E-state index in [-0.39, 0.29) is 17.6 Å². The molecule has 0 spiro atoms. The molecular formula is C27H29FN2O. The fourth-order valence-electron chi connectivity index (χ4n) is 4.50. The number of nitrogens with zero attached hydrogens (tertiary/aromatic N) is 1. The van der Waals surface area contributed by atoms with Crippen LogP contribution in [0, 0.1) is 18.7 Å². The summed E-state index contributed by atoms with van der Waals surface area (Å²) in [5, 5.41) is 3.03. The Morgan fingerprint density at radius 2 is 1.74 bits per heavy atom. The first-order chi connectivity index (χ1) is 15.1. The molecule has 1 amide bonds. The average Bonchev–Trinajstić information content (AvgIpc) is 2.78. The van der Waals surface area contributed by atoms with Gasteiger partial charge in [0, 0.05) is 26.2 Å². The molecule has 1 aliphatic rings. The number of hydrogen-bond donors (Lipinski definition) is 1. The summed E-state index contributed by atoms with van der Waals surface area (Å²) < 4.78 is 13.5. The van der Waals surface area contributed by atoms with Crippen molar-refractivity contribution in [3.8, 4) is 0 Å². The van der Waals surface area contributed by atoms with E-state index in [0.29, 0.717) is 12.5 Å². The van der Waals surface area contributed by atoms with Crippen LogP contribution in [0.5, 0.6) is 0 Å². The topological polar surface area (TPSA) is 32.3 Å². The van der Waals surface area contributed by atoms with E-state index < -0.39 is 0 Å². The van der Waals surface area contributed by atoms with Crippen molar-refractivity contribution in [2.24, 2.45) is 5.92 Å². The standard InChI is InChI=1S/C27H29FN2O/c1-20-7-5-11-23(13-20)24-15-25(19-30(18-24)17-21-8-3-2-4-9-21)27(31)29-16-22-10-6-12-26(28)14-22/h2-14,24-25H,15-19H2,1H3,(H,29,31)/t24-,25-/m1/s1. The van der Waals surface area contributed by atoms with Crippen LogP contribution in [0.25, 0.3) is 0 Å². The van der Waals surface area contributed by atoms with Gasteiger partial charge >= 0.3 is 0 Å². The molecule has 3 nitrogen and oxygen atoms in total. The highest BCUT2D eigenvalue weighted by molar-refractivity contribution is 5.79. The van der Waals surface area contributed by atoms with Crippen LogP contribution in [0.2, 0.25) is 0 Å². The van der Waals surface area contributed by atoms with E-state index in [2.05, 4.69) is 65.7 Å². The van der Waals surface area contributed by atoms with Crippen molar-refractivity contribution >= 4 is 5.91 Å². The third-order valence-electron chi connectivity index (χ3n) is 6.02. The molecule has 0 aliphatic carbocycles. The summed E-state index contributed by atoms with van der Waals surface area (Å²) in [7, 11) is 0. The summed E-state index contributed by atoms with van der Waals surface area (Å²) in [6, 6.07) is 25.4. The fraction of sp³-hybridized carbons (Fsp3) is 0.296. The number of amides is 1. The van der Waals surface area contributed by atoms with Gasteiger partial charge in [0.15, 0.2) is 0 Å². The Kier molecular flexibility index (Phi) is 6.78. The Balaban J connectivity index is 1.48. The molecule has 3 aromatic carbocycles. The minimum Gasteiger partial charge on any atom is -0.352 e. The lowest BCUT2D eigenvalue weighted by Gasteiger charge is -2.37. The van der Waals surface area contributed by atoms with Crippen LogP contribution in [0.3, 0.4) is 0 Å². The smallest absolute Gasteiger partial charge is 0.224 e. The molecule has 1 heterocycles. The van der Waals surface area contributed by atoms with Gasteiger partial charge in [-0.25, -0.2) is 4.39 Å². The number of nitrogens with one attached hydrogen (secondary N) is 1. The van der Waals surface area contributed by atoms with Gasteiger partial charge in [0.25, 0.3) is 0 Å². The molecule has 0 unspecified atom stereocenters. The maximum atomic E-state index is 13.5. The van der Waals surface area contributed by atoms with Crippen LogP contribution in [-0.4, -0.2) is 23.9 Å². The molecule has 1 aliphatic heterocycles. The number of piperidine rings is 1. The van der Waals surface area contributed by atoms with Gasteiger partial charge in [0.1, 0.15) is 5.82 Å². The van der Waals surface area contributed by atoms with Crippen molar-refractivity contribution in [2.45, 2.75) is 32.4 Å². The minimum absolute atomic E-state index is 0.0414. The molecule has 4 heteroatoms. The number of hydrogen-bond acceptors (Lipinski definition) is 2. The summed E-state index contributed by atoms with van der Waals surface area (Å²) in [6.07, 6.45) is 0.823. The highest BCUT2D eigenvalue weighted by Gasteiger charge is 2.32. The maximum absolute atomic E-state index is 13.5. The van der Waals surface area contributed by atoms with Crippen molar-refractivity contribution in [1.29, 1.82) is 0 Å². The largest absolute Gasteiger partial charge is 0.352 e. The Hall–Kier alpha value is -2.98. The van der Waals surface area contributed by atoms with Crippen LogP contribution >= 0.6 is 0 Å². The fourth-order valence-corrected chi connectivity index (χ4v) is 4.50. The van der Waals surface area contributed by atoms with E-state index in [9.17, 15) is 9.18 Å². The molecule has 0 bridgehead atoms. The molecule has 4 rings (SSSR count). The van der Waals surface area contributed by atoms with Gasteiger partial charge in [-0.05, 0) is 48.1 Å². The van der Waals surface area contributed by atoms with Crippen molar-refractivity contribution in [2.75, 3.05) is 13.1 Å². The molecule has 1 N–H and O–H groups in total. The van der Waals surface area contributed by atoms with Crippen LogP contribution in [0.1, 0.15) is 34.6 Å². The molecular weight excluding hydrogens is 387 g/mol. The molecule has 1 saturated heterocycles. The molecule has 1 fully saturated rings. The minimum atomic E-state index is -0.280. The van der Waals surface area contributed by atoms with Crippen LogP contribution in [0.4, 0.5) is 4.39 Å². The first kappa shape index (κ1) is 21.3. The monoisotopic (exact) mass is 416 g/mol. The highest BCUT2D eigenvalue weighted by atomic mass is 19.1. The number of carbonyl (C=O) groups excluding carboxylic acids is 1. The van der Waals surface area contributed by atoms with Gasteiger partial charge in [-0.2, -0.15) is 0 Å². The molecule has 0 radical (unpaired) electrons. The van der Waals surface area contributed by atoms with Crippen molar-refractivity contribution in [1.82, 2.24) is 10.2 Å². The second-order valence-corrected chi connectivity index (χ2v) is 8.57. The summed E-state index contributed by atoms with van der Waals surface area (Å²) in [5.74, 6) is -0.0311. The maximum Gasteiger partial charge on any atom is 0.224 e. The Morgan fingerprint density at radius 1 is 0.968 bits per heavy atom. The number of carbonyl (C=O) groups is 1. The lowest BCUT2D eigenvalue weighted by molar-refractivity contribution is -0.127. The lowest BCUT2D eigenvalue weighted by atomic mass is 9.83. The lowest BCUT2D eigenvalue weighted by Crippen LogP contribution is -2.45. The van der Waals surface area contributed by atoms with Crippen molar-refractivity contribution in [3.05, 3.63) is 107 Å². The molecule has 2 atom stereocenters. The average molecular weight is 417 g/mol. The number of aryl methyl sites for hydroxylation is 1. The Bertz CT molecular complexity index is 1020. The predicted molar refractivity (Wildman–Crippen MR) is 122 cm³/mol. The van der Waals surface area contributed by atoms with Gasteiger partial charge in [-0.3, -0.25) is 9.69 Å². The zero-order chi connectivity index (χ0) is 21.6. The third-order valence-corrected chi connectivity index (χ3v) is 6.02. The van der Waals surface area contributed by atoms with E-state index in [1.54, 1.807) is 6.07 Å². The zero-order valence-corrected chi connectivity index (χ0v) is 17.9. The Morgan fingerprint density at radius 3 is 2.52 bits per heavy atom. The number of benzene rings is 3. The number of likely N-dealkylation sites (tertiary alicyclic amines) is 1. The van der Waals surface area contributed by atoms with Gasteiger partial charge < -0.3 is 5.32 Å².